The van der Waals surface area contributed by atoms with Gasteiger partial charge in [0.25, 0.3) is 0 Å². The van der Waals surface area contributed by atoms with E-state index >= 15 is 0 Å². The van der Waals surface area contributed by atoms with E-state index < -0.39 is 0 Å². The van der Waals surface area contributed by atoms with Crippen LogP contribution in [-0.4, -0.2) is 23.6 Å². The van der Waals surface area contributed by atoms with E-state index in [1.807, 2.05) is 13.8 Å². The van der Waals surface area contributed by atoms with Crippen molar-refractivity contribution < 1.29 is 19.1 Å². The number of hydrogen-bond donors (Lipinski definition) is 0. The molecule has 0 aromatic heterocycles. The molecule has 0 saturated heterocycles. The Kier molecular flexibility index (Phi) is 7.03. The minimum atomic E-state index is -0.374. The summed E-state index contributed by atoms with van der Waals surface area (Å²) < 4.78 is 11.2. The van der Waals surface area contributed by atoms with Crippen LogP contribution in [0.2, 0.25) is 0 Å². The standard InChI is InChI=1S/C30H48O4/c1-19(12-15-28(4,5)34-21(3)32)25-10-11-26-24-9-8-22-18-23(33-20(2)31)13-16-29(22,6)27(24)14-17-30(25,26)7/h8,19,23-27H,9-18H2,1-7H3/t19-,23+,24+,25-,26+,27+,29+,30-/m1/s1. The molecule has 4 aliphatic carbocycles. The molecule has 0 aromatic rings. The lowest BCUT2D eigenvalue weighted by Gasteiger charge is -2.58. The van der Waals surface area contributed by atoms with Crippen molar-refractivity contribution in [3.05, 3.63) is 11.6 Å². The van der Waals surface area contributed by atoms with Gasteiger partial charge in [-0.15, -0.1) is 0 Å². The molecule has 192 valence electrons. The Morgan fingerprint density at radius 2 is 1.79 bits per heavy atom. The molecular weight excluding hydrogens is 424 g/mol. The van der Waals surface area contributed by atoms with Gasteiger partial charge in [-0.25, -0.2) is 0 Å². The summed E-state index contributed by atoms with van der Waals surface area (Å²) in [5.74, 6) is 3.51. The second kappa shape index (κ2) is 9.28. The molecule has 0 bridgehead atoms. The van der Waals surface area contributed by atoms with Gasteiger partial charge in [0.1, 0.15) is 11.7 Å². The number of rotatable bonds is 6. The summed E-state index contributed by atoms with van der Waals surface area (Å²) in [5, 5.41) is 0. The highest BCUT2D eigenvalue weighted by Crippen LogP contribution is 2.67. The number of fused-ring (bicyclic) bond motifs is 5. The Morgan fingerprint density at radius 1 is 1.06 bits per heavy atom. The lowest BCUT2D eigenvalue weighted by Crippen LogP contribution is -2.51. The first kappa shape index (κ1) is 25.8. The molecule has 0 aliphatic heterocycles. The molecule has 4 aliphatic rings. The molecule has 0 aromatic carbocycles. The van der Waals surface area contributed by atoms with Gasteiger partial charge in [0.05, 0.1) is 0 Å². The number of carbonyl (C=O) groups is 2. The molecule has 0 amide bonds. The molecule has 4 nitrogen and oxygen atoms in total. The van der Waals surface area contributed by atoms with Gasteiger partial charge in [0.15, 0.2) is 0 Å². The zero-order valence-corrected chi connectivity index (χ0v) is 22.7. The molecule has 0 spiro atoms. The maximum Gasteiger partial charge on any atom is 0.303 e. The van der Waals surface area contributed by atoms with Crippen molar-refractivity contribution in [1.29, 1.82) is 0 Å². The van der Waals surface area contributed by atoms with Gasteiger partial charge in [-0.2, -0.15) is 0 Å². The highest BCUT2D eigenvalue weighted by Gasteiger charge is 2.59. The summed E-state index contributed by atoms with van der Waals surface area (Å²) in [7, 11) is 0. The van der Waals surface area contributed by atoms with Crippen molar-refractivity contribution in [2.75, 3.05) is 0 Å². The second-order valence-corrected chi connectivity index (χ2v) is 13.3. The van der Waals surface area contributed by atoms with Crippen LogP contribution in [-0.2, 0) is 19.1 Å². The first-order valence-electron chi connectivity index (χ1n) is 13.9. The quantitative estimate of drug-likeness (QED) is 0.302. The molecule has 0 radical (unpaired) electrons. The van der Waals surface area contributed by atoms with Crippen molar-refractivity contribution in [1.82, 2.24) is 0 Å². The van der Waals surface area contributed by atoms with E-state index in [2.05, 4.69) is 26.8 Å². The third-order valence-electron chi connectivity index (χ3n) is 10.8. The molecule has 0 heterocycles. The third kappa shape index (κ3) is 4.72. The normalized spacial score (nSPS) is 40.3. The van der Waals surface area contributed by atoms with Gasteiger partial charge in [0, 0.05) is 20.3 Å². The molecule has 0 unspecified atom stereocenters. The van der Waals surface area contributed by atoms with Crippen molar-refractivity contribution in [2.45, 2.75) is 124 Å². The third-order valence-corrected chi connectivity index (χ3v) is 10.8. The molecule has 34 heavy (non-hydrogen) atoms. The lowest BCUT2D eigenvalue weighted by atomic mass is 9.47. The number of carbonyl (C=O) groups excluding carboxylic acids is 2. The van der Waals surface area contributed by atoms with E-state index in [1.54, 1.807) is 5.57 Å². The van der Waals surface area contributed by atoms with E-state index in [-0.39, 0.29) is 23.6 Å². The predicted molar refractivity (Wildman–Crippen MR) is 135 cm³/mol. The van der Waals surface area contributed by atoms with Crippen molar-refractivity contribution in [3.63, 3.8) is 0 Å². The summed E-state index contributed by atoms with van der Waals surface area (Å²) in [5.41, 5.74) is 1.92. The minimum absolute atomic E-state index is 0.0789. The van der Waals surface area contributed by atoms with Crippen LogP contribution in [0.15, 0.2) is 11.6 Å². The topological polar surface area (TPSA) is 52.6 Å². The van der Waals surface area contributed by atoms with Crippen molar-refractivity contribution in [2.24, 2.45) is 40.4 Å². The second-order valence-electron chi connectivity index (χ2n) is 13.3. The fraction of sp³-hybridized carbons (Fsp3) is 0.867. The summed E-state index contributed by atoms with van der Waals surface area (Å²) in [6.07, 6.45) is 14.4. The largest absolute Gasteiger partial charge is 0.462 e. The van der Waals surface area contributed by atoms with Gasteiger partial charge in [0.2, 0.25) is 0 Å². The Morgan fingerprint density at radius 3 is 2.47 bits per heavy atom. The van der Waals surface area contributed by atoms with E-state index in [0.29, 0.717) is 16.7 Å². The molecular formula is C30H48O4. The van der Waals surface area contributed by atoms with Crippen LogP contribution < -0.4 is 0 Å². The number of esters is 2. The van der Waals surface area contributed by atoms with Crippen LogP contribution in [0.5, 0.6) is 0 Å². The molecule has 4 heteroatoms. The Balaban J connectivity index is 1.45. The lowest BCUT2D eigenvalue weighted by molar-refractivity contribution is -0.154. The average Bonchev–Trinajstić information content (AvgIpc) is 3.08. The van der Waals surface area contributed by atoms with Crippen molar-refractivity contribution in [3.8, 4) is 0 Å². The molecule has 4 rings (SSSR count). The van der Waals surface area contributed by atoms with Crippen LogP contribution in [0, 0.1) is 40.4 Å². The van der Waals surface area contributed by atoms with Gasteiger partial charge >= 0.3 is 11.9 Å². The molecule has 8 atom stereocenters. The molecule has 0 N–H and O–H groups in total. The zero-order valence-electron chi connectivity index (χ0n) is 22.7. The number of hydrogen-bond acceptors (Lipinski definition) is 4. The minimum Gasteiger partial charge on any atom is -0.462 e. The fourth-order valence-corrected chi connectivity index (χ4v) is 9.15. The smallest absolute Gasteiger partial charge is 0.303 e. The summed E-state index contributed by atoms with van der Waals surface area (Å²) in [6, 6.07) is 0. The highest BCUT2D eigenvalue weighted by atomic mass is 16.6. The maximum atomic E-state index is 11.5. The molecule has 3 saturated carbocycles. The van der Waals surface area contributed by atoms with E-state index in [0.717, 1.165) is 55.8 Å². The molecule has 3 fully saturated rings. The van der Waals surface area contributed by atoms with E-state index in [1.165, 1.54) is 46.0 Å². The van der Waals surface area contributed by atoms with Crippen molar-refractivity contribution >= 4 is 11.9 Å². The van der Waals surface area contributed by atoms with Crippen LogP contribution in [0.3, 0.4) is 0 Å². The Hall–Kier alpha value is -1.32. The summed E-state index contributed by atoms with van der Waals surface area (Å²) in [6.45, 7) is 14.7. The van der Waals surface area contributed by atoms with E-state index in [9.17, 15) is 9.59 Å². The summed E-state index contributed by atoms with van der Waals surface area (Å²) >= 11 is 0. The first-order valence-corrected chi connectivity index (χ1v) is 13.9. The highest BCUT2D eigenvalue weighted by molar-refractivity contribution is 5.66. The fourth-order valence-electron chi connectivity index (χ4n) is 9.15. The van der Waals surface area contributed by atoms with Gasteiger partial charge in [-0.1, -0.05) is 32.4 Å². The van der Waals surface area contributed by atoms with Gasteiger partial charge < -0.3 is 9.47 Å². The number of ether oxygens (including phenoxy) is 2. The first-order chi connectivity index (χ1) is 15.9. The maximum absolute atomic E-state index is 11.5. The van der Waals surface area contributed by atoms with Gasteiger partial charge in [-0.3, -0.25) is 9.59 Å². The zero-order chi connectivity index (χ0) is 24.9. The monoisotopic (exact) mass is 472 g/mol. The van der Waals surface area contributed by atoms with E-state index in [4.69, 9.17) is 9.47 Å². The van der Waals surface area contributed by atoms with Crippen LogP contribution in [0.4, 0.5) is 0 Å². The van der Waals surface area contributed by atoms with Crippen LogP contribution >= 0.6 is 0 Å². The average molecular weight is 473 g/mol. The number of allylic oxidation sites excluding steroid dienone is 1. The van der Waals surface area contributed by atoms with Crippen LogP contribution in [0.25, 0.3) is 0 Å². The van der Waals surface area contributed by atoms with Crippen LogP contribution in [0.1, 0.15) is 113 Å². The summed E-state index contributed by atoms with van der Waals surface area (Å²) in [4.78, 5) is 23.0. The predicted octanol–water partition coefficient (Wildman–Crippen LogP) is 7.26. The van der Waals surface area contributed by atoms with Gasteiger partial charge in [-0.05, 0) is 112 Å². The Bertz CT molecular complexity index is 828. The SMILES string of the molecule is CC(=O)O[C@H]1CC[C@@]2(C)C(=CC[C@H]3[C@@H]4CC[C@H]([C@H](C)CCC(C)(C)OC(C)=O)[C@@]4(C)CC[C@@H]32)C1. The Labute approximate surface area is 207 Å².